The molecule has 0 radical (unpaired) electrons. The highest BCUT2D eigenvalue weighted by Crippen LogP contribution is 2.16. The highest BCUT2D eigenvalue weighted by Gasteiger charge is 2.25. The minimum Gasteiger partial charge on any atom is -0.481 e. The summed E-state index contributed by atoms with van der Waals surface area (Å²) >= 11 is 0. The first kappa shape index (κ1) is 55.1. The van der Waals surface area contributed by atoms with E-state index >= 15 is 0 Å². The number of carboxylic acid groups (broad SMARTS) is 3. The van der Waals surface area contributed by atoms with Gasteiger partial charge in [0.05, 0.1) is 11.7 Å². The molecule has 17 nitrogen and oxygen atoms in total. The third-order valence-electron chi connectivity index (χ3n) is 9.78. The van der Waals surface area contributed by atoms with Gasteiger partial charge in [0, 0.05) is 71.6 Å². The van der Waals surface area contributed by atoms with Crippen molar-refractivity contribution in [3.8, 4) is 0 Å². The zero-order chi connectivity index (χ0) is 44.3. The van der Waals surface area contributed by atoms with E-state index in [0.717, 1.165) is 51.4 Å². The molecule has 3 amide bonds. The number of carbonyl (C=O) groups excluding carboxylic acids is 5. The molecular weight excluding hydrogens is 791 g/mol. The zero-order valence-corrected chi connectivity index (χ0v) is 35.9. The molecule has 0 fully saturated rings. The van der Waals surface area contributed by atoms with E-state index in [1.165, 1.54) is 39.2 Å². The van der Waals surface area contributed by atoms with Gasteiger partial charge in [-0.2, -0.15) is 0 Å². The number of Topliss-reactive ketones (excluding diaryl/α,β-unsaturated/α-hetero) is 2. The maximum absolute atomic E-state index is 12.4. The van der Waals surface area contributed by atoms with Gasteiger partial charge in [-0.3, -0.25) is 38.3 Å². The summed E-state index contributed by atoms with van der Waals surface area (Å²) in [4.78, 5) is 94.8. The van der Waals surface area contributed by atoms with Gasteiger partial charge in [0.1, 0.15) is 17.6 Å². The highest BCUT2D eigenvalue weighted by molar-refractivity contribution is 7.90. The molecule has 0 aromatic rings. The fraction of sp³-hybridized carbons (Fsp3) is 0.805. The van der Waals surface area contributed by atoms with Crippen molar-refractivity contribution in [1.82, 2.24) is 15.4 Å². The Balaban J connectivity index is 4.09. The first-order chi connectivity index (χ1) is 28.1. The highest BCUT2D eigenvalue weighted by atomic mass is 32.2. The van der Waals surface area contributed by atoms with Gasteiger partial charge in [0.25, 0.3) is 0 Å². The Labute approximate surface area is 350 Å². The normalized spacial score (nSPS) is 12.3. The van der Waals surface area contributed by atoms with Crippen molar-refractivity contribution in [3.63, 3.8) is 0 Å². The summed E-state index contributed by atoms with van der Waals surface area (Å²) in [5.41, 5.74) is 0. The van der Waals surface area contributed by atoms with Gasteiger partial charge in [0.15, 0.2) is 0 Å². The van der Waals surface area contributed by atoms with Crippen LogP contribution >= 0.6 is 0 Å². The van der Waals surface area contributed by atoms with Crippen LogP contribution in [-0.2, 0) is 53.1 Å². The molecule has 0 spiro atoms. The summed E-state index contributed by atoms with van der Waals surface area (Å²) in [5, 5.41) is 32.5. The summed E-state index contributed by atoms with van der Waals surface area (Å²) in [6.45, 7) is 0.488. The molecule has 0 aromatic carbocycles. The Morgan fingerprint density at radius 3 is 1.58 bits per heavy atom. The molecule has 340 valence electrons. The van der Waals surface area contributed by atoms with E-state index in [1.54, 1.807) is 0 Å². The molecule has 0 aromatic heterocycles. The van der Waals surface area contributed by atoms with Gasteiger partial charge >= 0.3 is 17.9 Å². The number of ether oxygens (including phenoxy) is 1. The second-order valence-electron chi connectivity index (χ2n) is 15.2. The maximum Gasteiger partial charge on any atom is 0.326 e. The summed E-state index contributed by atoms with van der Waals surface area (Å²) in [6, 6.07) is -1.32. The number of carbonyl (C=O) groups is 8. The molecule has 0 aliphatic carbocycles. The number of ketones is 2. The van der Waals surface area contributed by atoms with E-state index in [1.807, 2.05) is 0 Å². The Morgan fingerprint density at radius 1 is 0.525 bits per heavy atom. The summed E-state index contributed by atoms with van der Waals surface area (Å²) in [6.07, 6.45) is 14.5. The van der Waals surface area contributed by atoms with Crippen molar-refractivity contribution in [1.29, 1.82) is 0 Å². The molecule has 0 rings (SSSR count). The van der Waals surface area contributed by atoms with Crippen molar-refractivity contribution in [2.45, 2.75) is 179 Å². The fourth-order valence-electron chi connectivity index (χ4n) is 6.35. The molecule has 0 bridgehead atoms. The van der Waals surface area contributed by atoms with Crippen LogP contribution in [0, 0.1) is 5.92 Å². The predicted molar refractivity (Wildman–Crippen MR) is 220 cm³/mol. The minimum atomic E-state index is -3.90. The van der Waals surface area contributed by atoms with Crippen molar-refractivity contribution in [2.24, 2.45) is 5.92 Å². The Kier molecular flexibility index (Phi) is 32.6. The lowest BCUT2D eigenvalue weighted by atomic mass is 9.95. The number of hydrogen-bond donors (Lipinski definition) is 6. The number of carboxylic acids is 3. The number of rotatable bonds is 41. The van der Waals surface area contributed by atoms with Gasteiger partial charge in [-0.25, -0.2) is 13.2 Å². The van der Waals surface area contributed by atoms with Crippen LogP contribution in [0.2, 0.25) is 0 Å². The molecule has 6 N–H and O–H groups in total. The molecule has 0 aliphatic heterocycles. The molecule has 18 heteroatoms. The van der Waals surface area contributed by atoms with Gasteiger partial charge < -0.3 is 30.7 Å². The lowest BCUT2D eigenvalue weighted by molar-refractivity contribution is -0.145. The van der Waals surface area contributed by atoms with E-state index in [-0.39, 0.29) is 89.4 Å². The number of nitrogens with one attached hydrogen (secondary N) is 3. The molecule has 2 atom stereocenters. The standard InChI is InChI=1S/C41H71N3O14S/c1-58-29-17-20-33(45)25-26-35(41(54)55)43-37(48)27-24-32(40(52)53)31-34(46)19-16-28-42-36(47)22-18-30-59(56,57)44-38(49)21-14-12-10-8-6-4-2-3-5-7-9-11-13-15-23-39(50)51/h32,35H,2-31H2,1H3,(H,42,47)(H,43,48)(H,44,49)(H,50,51)(H,52,53)(H,54,55)/t32-,35+/m1/s1. The van der Waals surface area contributed by atoms with Crippen LogP contribution in [0.4, 0.5) is 0 Å². The van der Waals surface area contributed by atoms with Crippen molar-refractivity contribution in [2.75, 3.05) is 26.0 Å². The van der Waals surface area contributed by atoms with Crippen LogP contribution < -0.4 is 15.4 Å². The number of sulfonamides is 1. The third-order valence-corrected chi connectivity index (χ3v) is 11.1. The summed E-state index contributed by atoms with van der Waals surface area (Å²) < 4.78 is 31.5. The molecule has 0 unspecified atom stereocenters. The van der Waals surface area contributed by atoms with Gasteiger partial charge in [-0.05, 0) is 44.9 Å². The molecular formula is C41H71N3O14S. The van der Waals surface area contributed by atoms with E-state index < -0.39 is 69.1 Å². The fourth-order valence-corrected chi connectivity index (χ4v) is 7.42. The largest absolute Gasteiger partial charge is 0.481 e. The van der Waals surface area contributed by atoms with Gasteiger partial charge in [-0.1, -0.05) is 77.0 Å². The predicted octanol–water partition coefficient (Wildman–Crippen LogP) is 5.22. The number of methoxy groups -OCH3 is 1. The molecule has 59 heavy (non-hydrogen) atoms. The van der Waals surface area contributed by atoms with Crippen LogP contribution in [-0.4, -0.2) is 103 Å². The number of hydrogen-bond acceptors (Lipinski definition) is 11. The maximum atomic E-state index is 12.4. The zero-order valence-electron chi connectivity index (χ0n) is 35.1. The van der Waals surface area contributed by atoms with Gasteiger partial charge in [0.2, 0.25) is 27.7 Å². The van der Waals surface area contributed by atoms with E-state index in [0.29, 0.717) is 19.4 Å². The van der Waals surface area contributed by atoms with Crippen molar-refractivity contribution in [3.05, 3.63) is 0 Å². The lowest BCUT2D eigenvalue weighted by Gasteiger charge is -2.16. The Morgan fingerprint density at radius 2 is 1.05 bits per heavy atom. The van der Waals surface area contributed by atoms with E-state index in [9.17, 15) is 57.0 Å². The average molecular weight is 862 g/mol. The van der Waals surface area contributed by atoms with E-state index in [4.69, 9.17) is 9.84 Å². The first-order valence-electron chi connectivity index (χ1n) is 21.3. The number of amides is 3. The van der Waals surface area contributed by atoms with Crippen LogP contribution in [0.15, 0.2) is 0 Å². The molecule has 0 aliphatic rings. The van der Waals surface area contributed by atoms with Crippen molar-refractivity contribution >= 4 is 57.2 Å². The van der Waals surface area contributed by atoms with Crippen LogP contribution in [0.3, 0.4) is 0 Å². The van der Waals surface area contributed by atoms with Crippen LogP contribution in [0.5, 0.6) is 0 Å². The first-order valence-corrected chi connectivity index (χ1v) is 23.0. The summed E-state index contributed by atoms with van der Waals surface area (Å²) in [5.74, 6) is -7.23. The SMILES string of the molecule is COCCCC(=O)CC[C@H](NC(=O)CC[C@H](CC(=O)CCCNC(=O)CCCS(=O)(=O)NC(=O)CCCCCCCCCCCCCCCCC(=O)O)C(=O)O)C(=O)O. The quantitative estimate of drug-likeness (QED) is 0.0430. The molecule has 0 heterocycles. The monoisotopic (exact) mass is 861 g/mol. The minimum absolute atomic E-state index is 0.0178. The number of aliphatic carboxylic acids is 3. The van der Waals surface area contributed by atoms with Crippen molar-refractivity contribution < 1.29 is 66.8 Å². The molecule has 0 saturated heterocycles. The second kappa shape index (κ2) is 34.9. The Bertz CT molecular complexity index is 1390. The lowest BCUT2D eigenvalue weighted by Crippen LogP contribution is -2.41. The van der Waals surface area contributed by atoms with Gasteiger partial charge in [-0.15, -0.1) is 0 Å². The van der Waals surface area contributed by atoms with Crippen LogP contribution in [0.25, 0.3) is 0 Å². The Hall–Kier alpha value is -3.93. The summed E-state index contributed by atoms with van der Waals surface area (Å²) in [7, 11) is -2.40. The second-order valence-corrected chi connectivity index (χ2v) is 17.0. The molecule has 0 saturated carbocycles. The van der Waals surface area contributed by atoms with E-state index in [2.05, 4.69) is 15.4 Å². The smallest absolute Gasteiger partial charge is 0.326 e. The topological polar surface area (TPSA) is 277 Å². The number of unbranched alkanes of at least 4 members (excludes halogenated alkanes) is 13. The third kappa shape index (κ3) is 34.6. The van der Waals surface area contributed by atoms with Crippen LogP contribution in [0.1, 0.15) is 173 Å². The average Bonchev–Trinajstić information content (AvgIpc) is 3.15.